The number of para-hydroxylation sites is 1. The Morgan fingerprint density at radius 3 is 2.33 bits per heavy atom. The molecule has 3 aliphatic carbocycles. The molecule has 2 amide bonds. The zero-order valence-corrected chi connectivity index (χ0v) is 23.2. The van der Waals surface area contributed by atoms with E-state index in [4.69, 9.17) is 0 Å². The highest BCUT2D eigenvalue weighted by Crippen LogP contribution is 2.55. The van der Waals surface area contributed by atoms with E-state index in [9.17, 15) is 28.7 Å². The third-order valence-corrected chi connectivity index (χ3v) is 9.06. The molecule has 1 saturated heterocycles. The highest BCUT2D eigenvalue weighted by Gasteiger charge is 2.56. The normalized spacial score (nSPS) is 24.7. The third kappa shape index (κ3) is 4.24. The SMILES string of the molecule is CC1=CC(=O)C2=C(C1=O)C(c1ccc(O)c(F)c1)C1=CCC3C(=O)N(c4ccc(Nc5ccccc5)cc4)C(=O)C3C1C2. The summed E-state index contributed by atoms with van der Waals surface area (Å²) in [5, 5.41) is 13.1. The van der Waals surface area contributed by atoms with E-state index >= 15 is 0 Å². The van der Waals surface area contributed by atoms with Gasteiger partial charge in [-0.15, -0.1) is 0 Å². The fraction of sp³-hybridized carbons (Fsp3) is 0.200. The van der Waals surface area contributed by atoms with Gasteiger partial charge >= 0.3 is 0 Å². The van der Waals surface area contributed by atoms with Gasteiger partial charge in [-0.25, -0.2) is 4.39 Å². The van der Waals surface area contributed by atoms with Crippen LogP contribution in [0.5, 0.6) is 5.75 Å². The zero-order chi connectivity index (χ0) is 30.0. The fourth-order valence-electron chi connectivity index (χ4n) is 7.08. The number of phenols is 1. The molecule has 0 bridgehead atoms. The molecule has 4 aliphatic rings. The number of hydrogen-bond acceptors (Lipinski definition) is 6. The fourth-order valence-corrected chi connectivity index (χ4v) is 7.08. The highest BCUT2D eigenvalue weighted by atomic mass is 19.1. The van der Waals surface area contributed by atoms with Crippen LogP contribution in [0.2, 0.25) is 0 Å². The lowest BCUT2D eigenvalue weighted by Crippen LogP contribution is -2.39. The first-order valence-corrected chi connectivity index (χ1v) is 14.2. The molecule has 0 saturated carbocycles. The Morgan fingerprint density at radius 1 is 0.884 bits per heavy atom. The smallest absolute Gasteiger partial charge is 0.238 e. The summed E-state index contributed by atoms with van der Waals surface area (Å²) in [6.45, 7) is 1.58. The van der Waals surface area contributed by atoms with Gasteiger partial charge < -0.3 is 10.4 Å². The molecule has 2 N–H and O–H groups in total. The molecule has 1 aliphatic heterocycles. The van der Waals surface area contributed by atoms with Gasteiger partial charge in [-0.05, 0) is 85.9 Å². The highest BCUT2D eigenvalue weighted by molar-refractivity contribution is 6.25. The number of imide groups is 1. The van der Waals surface area contributed by atoms with Gasteiger partial charge in [0.2, 0.25) is 11.8 Å². The average Bonchev–Trinajstić information content (AvgIpc) is 3.26. The second-order valence-corrected chi connectivity index (χ2v) is 11.5. The number of fused-ring (bicyclic) bond motifs is 3. The number of Topliss-reactive ketones (excluding diaryl/α,β-unsaturated/α-hetero) is 1. The minimum absolute atomic E-state index is 0.139. The van der Waals surface area contributed by atoms with Crippen molar-refractivity contribution in [1.82, 2.24) is 0 Å². The van der Waals surface area contributed by atoms with Crippen LogP contribution in [0.4, 0.5) is 21.5 Å². The average molecular weight is 575 g/mol. The van der Waals surface area contributed by atoms with Crippen molar-refractivity contribution >= 4 is 40.4 Å². The lowest BCUT2D eigenvalue weighted by molar-refractivity contribution is -0.123. The van der Waals surface area contributed by atoms with Crippen LogP contribution in [0.3, 0.4) is 0 Å². The molecule has 3 aromatic carbocycles. The summed E-state index contributed by atoms with van der Waals surface area (Å²) < 4.78 is 14.6. The summed E-state index contributed by atoms with van der Waals surface area (Å²) in [5.74, 6) is -5.28. The van der Waals surface area contributed by atoms with Gasteiger partial charge in [-0.3, -0.25) is 24.1 Å². The van der Waals surface area contributed by atoms with Gasteiger partial charge in [0.15, 0.2) is 23.1 Å². The van der Waals surface area contributed by atoms with E-state index in [0.717, 1.165) is 16.9 Å². The van der Waals surface area contributed by atoms with E-state index in [-0.39, 0.29) is 41.8 Å². The summed E-state index contributed by atoms with van der Waals surface area (Å²) in [5.41, 5.74) is 4.18. The number of halogens is 1. The number of ketones is 2. The van der Waals surface area contributed by atoms with Crippen molar-refractivity contribution in [3.05, 3.63) is 119 Å². The first-order valence-electron chi connectivity index (χ1n) is 14.2. The standard InChI is InChI=1S/C35H27FN2O5/c1-18-15-29(40)26-17-25-23(30(32(26)33(18)41)19-7-14-28(39)27(36)16-19)12-13-24-31(25)35(43)38(34(24)42)22-10-8-21(9-11-22)37-20-5-3-2-4-6-20/h2-12,14-16,24-25,30-31,37,39H,13,17H2,1H3. The van der Waals surface area contributed by atoms with E-state index in [1.165, 1.54) is 29.2 Å². The summed E-state index contributed by atoms with van der Waals surface area (Å²) >= 11 is 0. The minimum Gasteiger partial charge on any atom is -0.505 e. The molecular weight excluding hydrogens is 547 g/mol. The first-order chi connectivity index (χ1) is 20.7. The van der Waals surface area contributed by atoms with E-state index in [1.54, 1.807) is 19.1 Å². The summed E-state index contributed by atoms with van der Waals surface area (Å²) in [6.07, 6.45) is 3.62. The molecule has 8 heteroatoms. The predicted octanol–water partition coefficient (Wildman–Crippen LogP) is 5.91. The largest absolute Gasteiger partial charge is 0.505 e. The summed E-state index contributed by atoms with van der Waals surface area (Å²) in [6, 6.07) is 20.6. The number of nitrogens with one attached hydrogen (secondary N) is 1. The number of benzene rings is 3. The zero-order valence-electron chi connectivity index (χ0n) is 23.2. The van der Waals surface area contributed by atoms with Crippen LogP contribution in [0.25, 0.3) is 0 Å². The van der Waals surface area contributed by atoms with Gasteiger partial charge in [-0.2, -0.15) is 0 Å². The van der Waals surface area contributed by atoms with Crippen molar-refractivity contribution in [2.75, 3.05) is 10.2 Å². The molecular formula is C35H27FN2O5. The monoisotopic (exact) mass is 574 g/mol. The molecule has 4 unspecified atom stereocenters. The van der Waals surface area contributed by atoms with Crippen molar-refractivity contribution in [2.24, 2.45) is 17.8 Å². The number of carbonyl (C=O) groups is 4. The number of carbonyl (C=O) groups excluding carboxylic acids is 4. The van der Waals surface area contributed by atoms with Gasteiger partial charge in [0.25, 0.3) is 0 Å². The number of rotatable bonds is 4. The van der Waals surface area contributed by atoms with Crippen LogP contribution in [0, 0.1) is 23.6 Å². The Morgan fingerprint density at radius 2 is 1.60 bits per heavy atom. The Kier molecular flexibility index (Phi) is 6.23. The van der Waals surface area contributed by atoms with Gasteiger partial charge in [-0.1, -0.05) is 35.9 Å². The molecule has 0 radical (unpaired) electrons. The van der Waals surface area contributed by atoms with Crippen molar-refractivity contribution in [3.63, 3.8) is 0 Å². The molecule has 1 heterocycles. The van der Waals surface area contributed by atoms with Crippen molar-refractivity contribution < 1.29 is 28.7 Å². The van der Waals surface area contributed by atoms with Crippen LogP contribution >= 0.6 is 0 Å². The van der Waals surface area contributed by atoms with E-state index in [1.807, 2.05) is 48.5 Å². The van der Waals surface area contributed by atoms with Crippen molar-refractivity contribution in [1.29, 1.82) is 0 Å². The van der Waals surface area contributed by atoms with Crippen LogP contribution < -0.4 is 10.2 Å². The van der Waals surface area contributed by atoms with Crippen molar-refractivity contribution in [2.45, 2.75) is 25.7 Å². The minimum atomic E-state index is -0.846. The molecule has 43 heavy (non-hydrogen) atoms. The number of amides is 2. The molecule has 214 valence electrons. The Bertz CT molecular complexity index is 1820. The molecule has 3 aromatic rings. The van der Waals surface area contributed by atoms with Crippen LogP contribution in [-0.4, -0.2) is 28.5 Å². The van der Waals surface area contributed by atoms with E-state index < -0.39 is 35.2 Å². The second-order valence-electron chi connectivity index (χ2n) is 11.5. The predicted molar refractivity (Wildman–Crippen MR) is 158 cm³/mol. The number of nitrogens with zero attached hydrogens (tertiary/aromatic N) is 1. The number of phenolic OH excluding ortho intramolecular Hbond substituents is 1. The van der Waals surface area contributed by atoms with Crippen LogP contribution in [0.1, 0.15) is 31.2 Å². The van der Waals surface area contributed by atoms with Crippen LogP contribution in [0.15, 0.2) is 107 Å². The number of allylic oxidation sites excluding steroid dienone is 6. The first kappa shape index (κ1) is 26.8. The van der Waals surface area contributed by atoms with Gasteiger partial charge in [0.1, 0.15) is 0 Å². The van der Waals surface area contributed by atoms with Crippen LogP contribution in [-0.2, 0) is 19.2 Å². The summed E-state index contributed by atoms with van der Waals surface area (Å²) in [4.78, 5) is 55.7. The maximum absolute atomic E-state index is 14.6. The maximum atomic E-state index is 14.6. The van der Waals surface area contributed by atoms with E-state index in [2.05, 4.69) is 5.32 Å². The summed E-state index contributed by atoms with van der Waals surface area (Å²) in [7, 11) is 0. The molecule has 7 rings (SSSR count). The van der Waals surface area contributed by atoms with Gasteiger partial charge in [0.05, 0.1) is 17.5 Å². The topological polar surface area (TPSA) is 104 Å². The number of hydrogen-bond donors (Lipinski definition) is 2. The van der Waals surface area contributed by atoms with Gasteiger partial charge in [0, 0.05) is 34.0 Å². The lowest BCUT2D eigenvalue weighted by atomic mass is 9.59. The Hall–Kier alpha value is -5.11. The quantitative estimate of drug-likeness (QED) is 0.228. The molecule has 7 nitrogen and oxygen atoms in total. The third-order valence-electron chi connectivity index (χ3n) is 9.06. The van der Waals surface area contributed by atoms with Crippen molar-refractivity contribution in [3.8, 4) is 5.75 Å². The number of aromatic hydroxyl groups is 1. The molecule has 0 spiro atoms. The second kappa shape index (κ2) is 10.0. The van der Waals surface area contributed by atoms with E-state index in [0.29, 0.717) is 22.4 Å². The Labute approximate surface area is 247 Å². The lowest BCUT2D eigenvalue weighted by Gasteiger charge is -2.42. The Balaban J connectivity index is 1.25. The molecule has 1 fully saturated rings. The maximum Gasteiger partial charge on any atom is 0.238 e. The molecule has 0 aromatic heterocycles. The molecule has 4 atom stereocenters. The number of anilines is 3.